The molecule has 2 heterocycles. The summed E-state index contributed by atoms with van der Waals surface area (Å²) in [6.45, 7) is 7.50. The molecule has 1 aromatic heterocycles. The van der Waals surface area contributed by atoms with Crippen molar-refractivity contribution in [3.8, 4) is 11.1 Å². The number of halogens is 1. The molecule has 5 nitrogen and oxygen atoms in total. The number of carbonyl (C=O) groups is 2. The van der Waals surface area contributed by atoms with E-state index < -0.39 is 0 Å². The van der Waals surface area contributed by atoms with E-state index in [1.165, 1.54) is 6.07 Å². The summed E-state index contributed by atoms with van der Waals surface area (Å²) in [6.07, 6.45) is 5.61. The highest BCUT2D eigenvalue weighted by atomic mass is 19.1. The molecular formula is C30H30FN3O2. The molecule has 1 fully saturated rings. The fraction of sp³-hybridized carbons (Fsp3) is 0.200. The van der Waals surface area contributed by atoms with Gasteiger partial charge in [0.15, 0.2) is 0 Å². The summed E-state index contributed by atoms with van der Waals surface area (Å²) in [5.74, 6) is -0.687. The molecule has 0 saturated carbocycles. The molecule has 2 aromatic carbocycles. The maximum Gasteiger partial charge on any atom is 0.256 e. The van der Waals surface area contributed by atoms with Crippen LogP contribution in [0.3, 0.4) is 0 Å². The van der Waals surface area contributed by atoms with E-state index >= 15 is 0 Å². The third-order valence-corrected chi connectivity index (χ3v) is 6.12. The number of carbonyl (C=O) groups excluding carboxylic acids is 2. The topological polar surface area (TPSA) is 74.0 Å². The fourth-order valence-electron chi connectivity index (χ4n) is 4.54. The van der Waals surface area contributed by atoms with Crippen LogP contribution in [0.1, 0.15) is 44.5 Å². The largest absolute Gasteiger partial charge is 0.361 e. The third kappa shape index (κ3) is 5.08. The van der Waals surface area contributed by atoms with E-state index in [1.807, 2.05) is 70.3 Å². The van der Waals surface area contributed by atoms with E-state index in [9.17, 15) is 14.0 Å². The first-order valence-corrected chi connectivity index (χ1v) is 12.0. The Morgan fingerprint density at radius 3 is 2.44 bits per heavy atom. The number of benzene rings is 2. The van der Waals surface area contributed by atoms with Crippen LogP contribution in [-0.4, -0.2) is 22.8 Å². The Kier molecular flexibility index (Phi) is 7.34. The van der Waals surface area contributed by atoms with E-state index in [2.05, 4.69) is 15.6 Å². The number of H-pyrrole nitrogens is 1. The van der Waals surface area contributed by atoms with Gasteiger partial charge in [-0.15, -0.1) is 0 Å². The van der Waals surface area contributed by atoms with Crippen LogP contribution in [0.4, 0.5) is 4.39 Å². The molecule has 184 valence electrons. The van der Waals surface area contributed by atoms with Crippen molar-refractivity contribution < 1.29 is 14.0 Å². The average Bonchev–Trinajstić information content (AvgIpc) is 3.39. The van der Waals surface area contributed by atoms with Crippen LogP contribution in [0.25, 0.3) is 22.8 Å². The molecule has 1 saturated heterocycles. The van der Waals surface area contributed by atoms with Crippen molar-refractivity contribution in [1.82, 2.24) is 15.6 Å². The lowest BCUT2D eigenvalue weighted by molar-refractivity contribution is -0.121. The second-order valence-electron chi connectivity index (χ2n) is 9.06. The molecule has 0 bridgehead atoms. The van der Waals surface area contributed by atoms with Crippen LogP contribution in [0.15, 0.2) is 83.7 Å². The molecule has 0 atom stereocenters. The van der Waals surface area contributed by atoms with Crippen LogP contribution < -0.4 is 10.6 Å². The Morgan fingerprint density at radius 2 is 1.78 bits per heavy atom. The third-order valence-electron chi connectivity index (χ3n) is 6.12. The standard InChI is InChI=1S/C30H30FN3O2/c1-5-25-28(19(4)22-13-9-10-14-24(22)31)23(30(36)34-25)16-26-29(20-11-7-6-8-12-20)21(17-32-26)15-27(35)33-18(2)3/h5-14,16-18,32H,15H2,1-4H3,(H,33,35)(H,34,36)/b23-16-,25-5+,28-19+. The number of allylic oxidation sites excluding steroid dienone is 3. The Balaban J connectivity index is 1.88. The molecule has 0 radical (unpaired) electrons. The minimum absolute atomic E-state index is 0.0358. The van der Waals surface area contributed by atoms with Crippen molar-refractivity contribution in [2.75, 3.05) is 0 Å². The molecular weight excluding hydrogens is 453 g/mol. The van der Waals surface area contributed by atoms with Gasteiger partial charge in [-0.05, 0) is 56.5 Å². The summed E-state index contributed by atoms with van der Waals surface area (Å²) in [7, 11) is 0. The van der Waals surface area contributed by atoms with Crippen LogP contribution >= 0.6 is 0 Å². The number of hydrogen-bond acceptors (Lipinski definition) is 2. The first-order chi connectivity index (χ1) is 17.3. The zero-order chi connectivity index (χ0) is 25.8. The van der Waals surface area contributed by atoms with Gasteiger partial charge in [-0.1, -0.05) is 54.6 Å². The zero-order valence-corrected chi connectivity index (χ0v) is 20.9. The predicted molar refractivity (Wildman–Crippen MR) is 142 cm³/mol. The zero-order valence-electron chi connectivity index (χ0n) is 20.9. The summed E-state index contributed by atoms with van der Waals surface area (Å²) >= 11 is 0. The molecule has 2 amide bonds. The monoisotopic (exact) mass is 483 g/mol. The number of amides is 2. The molecule has 0 unspecified atom stereocenters. The van der Waals surface area contributed by atoms with Crippen molar-refractivity contribution in [2.24, 2.45) is 0 Å². The Labute approximate surface area is 210 Å². The smallest absolute Gasteiger partial charge is 0.256 e. The summed E-state index contributed by atoms with van der Waals surface area (Å²) in [5, 5.41) is 5.84. The van der Waals surface area contributed by atoms with Gasteiger partial charge in [-0.25, -0.2) is 4.39 Å². The van der Waals surface area contributed by atoms with Gasteiger partial charge >= 0.3 is 0 Å². The highest BCUT2D eigenvalue weighted by Crippen LogP contribution is 2.37. The van der Waals surface area contributed by atoms with Gasteiger partial charge in [0.05, 0.1) is 12.0 Å². The summed E-state index contributed by atoms with van der Waals surface area (Å²) in [4.78, 5) is 28.9. The van der Waals surface area contributed by atoms with E-state index in [-0.39, 0.29) is 30.1 Å². The number of aromatic amines is 1. The van der Waals surface area contributed by atoms with Crippen LogP contribution in [0.5, 0.6) is 0 Å². The van der Waals surface area contributed by atoms with Crippen LogP contribution in [-0.2, 0) is 16.0 Å². The van der Waals surface area contributed by atoms with E-state index in [0.717, 1.165) is 16.7 Å². The summed E-state index contributed by atoms with van der Waals surface area (Å²) in [5.41, 5.74) is 6.13. The normalized spacial score (nSPS) is 17.1. The van der Waals surface area contributed by atoms with E-state index in [1.54, 1.807) is 24.3 Å². The first kappa shape index (κ1) is 24.9. The minimum atomic E-state index is -0.347. The quantitative estimate of drug-likeness (QED) is 0.389. The fourth-order valence-corrected chi connectivity index (χ4v) is 4.54. The van der Waals surface area contributed by atoms with Gasteiger partial charge in [0.25, 0.3) is 5.91 Å². The van der Waals surface area contributed by atoms with Crippen molar-refractivity contribution in [3.63, 3.8) is 0 Å². The van der Waals surface area contributed by atoms with Crippen molar-refractivity contribution in [3.05, 3.63) is 106 Å². The highest BCUT2D eigenvalue weighted by Gasteiger charge is 2.30. The average molecular weight is 484 g/mol. The molecule has 6 heteroatoms. The number of hydrogen-bond donors (Lipinski definition) is 3. The maximum absolute atomic E-state index is 14.7. The Morgan fingerprint density at radius 1 is 1.08 bits per heavy atom. The molecule has 3 N–H and O–H groups in total. The van der Waals surface area contributed by atoms with Crippen molar-refractivity contribution >= 4 is 23.5 Å². The second-order valence-corrected chi connectivity index (χ2v) is 9.06. The molecule has 4 rings (SSSR count). The summed E-state index contributed by atoms with van der Waals surface area (Å²) in [6, 6.07) is 16.3. The molecule has 1 aliphatic rings. The maximum atomic E-state index is 14.7. The van der Waals surface area contributed by atoms with E-state index in [4.69, 9.17) is 0 Å². The molecule has 0 spiro atoms. The van der Waals surface area contributed by atoms with E-state index in [0.29, 0.717) is 33.7 Å². The SMILES string of the molecule is C/C=C1/NC(=O)C(=C\c2[nH]cc(CC(=O)NC(C)C)c2-c2ccccc2)/C1=C(/C)c1ccccc1F. The lowest BCUT2D eigenvalue weighted by atomic mass is 9.93. The number of aromatic nitrogens is 1. The lowest BCUT2D eigenvalue weighted by Crippen LogP contribution is -2.31. The van der Waals surface area contributed by atoms with Gasteiger partial charge in [0.2, 0.25) is 5.91 Å². The predicted octanol–water partition coefficient (Wildman–Crippen LogP) is 5.78. The van der Waals surface area contributed by atoms with Gasteiger partial charge < -0.3 is 15.6 Å². The van der Waals surface area contributed by atoms with Crippen LogP contribution in [0, 0.1) is 5.82 Å². The van der Waals surface area contributed by atoms with Gasteiger partial charge in [0, 0.05) is 40.3 Å². The van der Waals surface area contributed by atoms with Crippen LogP contribution in [0.2, 0.25) is 0 Å². The van der Waals surface area contributed by atoms with Gasteiger partial charge in [-0.3, -0.25) is 9.59 Å². The number of nitrogens with one attached hydrogen (secondary N) is 3. The van der Waals surface area contributed by atoms with Crippen molar-refractivity contribution in [1.29, 1.82) is 0 Å². The Hall–Kier alpha value is -4.19. The number of rotatable bonds is 6. The van der Waals surface area contributed by atoms with Gasteiger partial charge in [-0.2, -0.15) is 0 Å². The minimum Gasteiger partial charge on any atom is -0.361 e. The van der Waals surface area contributed by atoms with Gasteiger partial charge in [0.1, 0.15) is 5.82 Å². The first-order valence-electron chi connectivity index (χ1n) is 12.0. The molecule has 3 aromatic rings. The molecule has 0 aliphatic carbocycles. The lowest BCUT2D eigenvalue weighted by Gasteiger charge is -2.11. The molecule has 1 aliphatic heterocycles. The van der Waals surface area contributed by atoms with Crippen molar-refractivity contribution in [2.45, 2.75) is 40.2 Å². The summed E-state index contributed by atoms with van der Waals surface area (Å²) < 4.78 is 14.7. The Bertz CT molecular complexity index is 1390. The highest BCUT2D eigenvalue weighted by molar-refractivity contribution is 6.12. The molecule has 36 heavy (non-hydrogen) atoms. The second kappa shape index (κ2) is 10.6.